The Hall–Kier alpha value is -0.520. The van der Waals surface area contributed by atoms with Crippen molar-refractivity contribution in [1.29, 1.82) is 0 Å². The minimum atomic E-state index is 0.695. The van der Waals surface area contributed by atoms with Gasteiger partial charge in [0.1, 0.15) is 0 Å². The van der Waals surface area contributed by atoms with Crippen molar-refractivity contribution in [3.8, 4) is 12.3 Å². The summed E-state index contributed by atoms with van der Waals surface area (Å²) in [6, 6.07) is 0.695. The third-order valence-electron chi connectivity index (χ3n) is 1.98. The maximum absolute atomic E-state index is 5.21. The third-order valence-corrected chi connectivity index (χ3v) is 1.98. The normalized spacial score (nSPS) is 18.5. The van der Waals surface area contributed by atoms with Crippen molar-refractivity contribution in [2.45, 2.75) is 13.0 Å². The van der Waals surface area contributed by atoms with Crippen molar-refractivity contribution in [2.75, 3.05) is 26.2 Å². The standard InChI is InChI=1S/C8H14N2/c1-3-5-10(4-2)8-6-9-7-8/h1,8-9H,4-7H2,2H3. The van der Waals surface area contributed by atoms with Gasteiger partial charge in [-0.2, -0.15) is 0 Å². The second-order valence-electron chi connectivity index (χ2n) is 2.58. The second kappa shape index (κ2) is 3.60. The summed E-state index contributed by atoms with van der Waals surface area (Å²) in [4.78, 5) is 2.32. The summed E-state index contributed by atoms with van der Waals surface area (Å²) in [5, 5.41) is 3.22. The quantitative estimate of drug-likeness (QED) is 0.548. The van der Waals surface area contributed by atoms with Gasteiger partial charge in [0.25, 0.3) is 0 Å². The number of hydrogen-bond acceptors (Lipinski definition) is 2. The summed E-state index contributed by atoms with van der Waals surface area (Å²) < 4.78 is 0. The molecular formula is C8H14N2. The van der Waals surface area contributed by atoms with Crippen LogP contribution in [-0.4, -0.2) is 37.1 Å². The fraction of sp³-hybridized carbons (Fsp3) is 0.750. The predicted octanol–water partition coefficient (Wildman–Crippen LogP) is -0.0867. The molecule has 1 N–H and O–H groups in total. The molecule has 0 saturated carbocycles. The van der Waals surface area contributed by atoms with E-state index in [-0.39, 0.29) is 0 Å². The molecule has 2 nitrogen and oxygen atoms in total. The summed E-state index contributed by atoms with van der Waals surface area (Å²) >= 11 is 0. The molecule has 1 rings (SSSR count). The van der Waals surface area contributed by atoms with E-state index < -0.39 is 0 Å². The van der Waals surface area contributed by atoms with Gasteiger partial charge in [0.2, 0.25) is 0 Å². The first-order valence-corrected chi connectivity index (χ1v) is 3.76. The van der Waals surface area contributed by atoms with Crippen LogP contribution in [0.4, 0.5) is 0 Å². The highest BCUT2D eigenvalue weighted by Crippen LogP contribution is 2.02. The van der Waals surface area contributed by atoms with Crippen LogP contribution < -0.4 is 5.32 Å². The first-order chi connectivity index (χ1) is 4.88. The number of nitrogens with one attached hydrogen (secondary N) is 1. The molecule has 0 unspecified atom stereocenters. The molecular weight excluding hydrogens is 124 g/mol. The highest BCUT2D eigenvalue weighted by atomic mass is 15.2. The van der Waals surface area contributed by atoms with Crippen molar-refractivity contribution < 1.29 is 0 Å². The van der Waals surface area contributed by atoms with Crippen molar-refractivity contribution in [2.24, 2.45) is 0 Å². The zero-order valence-corrected chi connectivity index (χ0v) is 6.43. The maximum Gasteiger partial charge on any atom is 0.0602 e. The van der Waals surface area contributed by atoms with Crippen LogP contribution in [0.15, 0.2) is 0 Å². The minimum Gasteiger partial charge on any atom is -0.314 e. The van der Waals surface area contributed by atoms with Gasteiger partial charge in [-0.15, -0.1) is 6.42 Å². The van der Waals surface area contributed by atoms with E-state index in [1.165, 1.54) is 0 Å². The molecule has 0 amide bonds. The van der Waals surface area contributed by atoms with Crippen LogP contribution in [0.25, 0.3) is 0 Å². The second-order valence-corrected chi connectivity index (χ2v) is 2.58. The van der Waals surface area contributed by atoms with Crippen LogP contribution in [0.3, 0.4) is 0 Å². The first-order valence-electron chi connectivity index (χ1n) is 3.76. The molecule has 0 aromatic heterocycles. The molecule has 1 aliphatic rings. The molecule has 0 radical (unpaired) electrons. The Morgan fingerprint density at radius 1 is 1.70 bits per heavy atom. The molecule has 0 aliphatic carbocycles. The van der Waals surface area contributed by atoms with Gasteiger partial charge in [0.05, 0.1) is 6.54 Å². The average Bonchev–Trinajstić information content (AvgIpc) is 1.83. The Balaban J connectivity index is 2.26. The first kappa shape index (κ1) is 7.59. The Bertz CT molecular complexity index is 133. The van der Waals surface area contributed by atoms with Crippen molar-refractivity contribution in [3.05, 3.63) is 0 Å². The van der Waals surface area contributed by atoms with Gasteiger partial charge >= 0.3 is 0 Å². The molecule has 1 fully saturated rings. The molecule has 0 aromatic carbocycles. The number of hydrogen-bond donors (Lipinski definition) is 1. The van der Waals surface area contributed by atoms with Gasteiger partial charge in [-0.3, -0.25) is 4.90 Å². The lowest BCUT2D eigenvalue weighted by molar-refractivity contribution is 0.172. The molecule has 0 bridgehead atoms. The fourth-order valence-corrected chi connectivity index (χ4v) is 1.15. The van der Waals surface area contributed by atoms with Crippen LogP contribution in [-0.2, 0) is 0 Å². The summed E-state index contributed by atoms with van der Waals surface area (Å²) in [6.07, 6.45) is 5.21. The summed E-state index contributed by atoms with van der Waals surface area (Å²) in [5.41, 5.74) is 0. The van der Waals surface area contributed by atoms with Crippen LogP contribution in [0, 0.1) is 12.3 Å². The molecule has 0 atom stereocenters. The Morgan fingerprint density at radius 3 is 2.70 bits per heavy atom. The average molecular weight is 138 g/mol. The monoisotopic (exact) mass is 138 g/mol. The SMILES string of the molecule is C#CCN(CC)C1CNC1. The Kier molecular flexibility index (Phi) is 2.73. The molecule has 10 heavy (non-hydrogen) atoms. The number of nitrogens with zero attached hydrogens (tertiary/aromatic N) is 1. The van der Waals surface area contributed by atoms with Gasteiger partial charge in [0, 0.05) is 19.1 Å². The highest BCUT2D eigenvalue weighted by Gasteiger charge is 2.21. The Labute approximate surface area is 62.6 Å². The van der Waals surface area contributed by atoms with E-state index >= 15 is 0 Å². The lowest BCUT2D eigenvalue weighted by Crippen LogP contribution is -2.57. The van der Waals surface area contributed by atoms with Gasteiger partial charge in [-0.1, -0.05) is 12.8 Å². The molecule has 0 spiro atoms. The van der Waals surface area contributed by atoms with E-state index in [9.17, 15) is 0 Å². The van der Waals surface area contributed by atoms with Crippen molar-refractivity contribution in [1.82, 2.24) is 10.2 Å². The van der Waals surface area contributed by atoms with Gasteiger partial charge in [0.15, 0.2) is 0 Å². The van der Waals surface area contributed by atoms with Gasteiger partial charge in [-0.05, 0) is 6.54 Å². The molecule has 1 aliphatic heterocycles. The summed E-state index contributed by atoms with van der Waals surface area (Å²) in [7, 11) is 0. The van der Waals surface area contributed by atoms with Gasteiger partial charge in [-0.25, -0.2) is 0 Å². The largest absolute Gasteiger partial charge is 0.314 e. The number of terminal acetylenes is 1. The molecule has 1 saturated heterocycles. The Morgan fingerprint density at radius 2 is 2.40 bits per heavy atom. The van der Waals surface area contributed by atoms with Crippen LogP contribution in [0.2, 0.25) is 0 Å². The molecule has 56 valence electrons. The summed E-state index contributed by atoms with van der Waals surface area (Å²) in [6.45, 7) is 6.22. The topological polar surface area (TPSA) is 15.3 Å². The van der Waals surface area contributed by atoms with Crippen molar-refractivity contribution in [3.63, 3.8) is 0 Å². The number of likely N-dealkylation sites (N-methyl/N-ethyl adjacent to an activating group) is 1. The van der Waals surface area contributed by atoms with E-state index in [1.54, 1.807) is 0 Å². The van der Waals surface area contributed by atoms with Crippen molar-refractivity contribution >= 4 is 0 Å². The predicted molar refractivity (Wildman–Crippen MR) is 42.7 cm³/mol. The highest BCUT2D eigenvalue weighted by molar-refractivity contribution is 4.93. The van der Waals surface area contributed by atoms with E-state index in [0.717, 1.165) is 26.2 Å². The lowest BCUT2D eigenvalue weighted by Gasteiger charge is -2.36. The number of rotatable bonds is 3. The van der Waals surface area contributed by atoms with E-state index in [4.69, 9.17) is 6.42 Å². The molecule has 1 heterocycles. The van der Waals surface area contributed by atoms with Crippen LogP contribution >= 0.6 is 0 Å². The van der Waals surface area contributed by atoms with Crippen LogP contribution in [0.1, 0.15) is 6.92 Å². The summed E-state index contributed by atoms with van der Waals surface area (Å²) in [5.74, 6) is 2.67. The van der Waals surface area contributed by atoms with E-state index in [2.05, 4.69) is 23.1 Å². The van der Waals surface area contributed by atoms with E-state index in [1.807, 2.05) is 0 Å². The van der Waals surface area contributed by atoms with Crippen LogP contribution in [0.5, 0.6) is 0 Å². The molecule has 2 heteroatoms. The zero-order valence-electron chi connectivity index (χ0n) is 6.43. The lowest BCUT2D eigenvalue weighted by atomic mass is 10.1. The minimum absolute atomic E-state index is 0.695. The smallest absolute Gasteiger partial charge is 0.0602 e. The third kappa shape index (κ3) is 1.50. The van der Waals surface area contributed by atoms with Gasteiger partial charge < -0.3 is 5.32 Å². The fourth-order valence-electron chi connectivity index (χ4n) is 1.15. The molecule has 0 aromatic rings. The van der Waals surface area contributed by atoms with E-state index in [0.29, 0.717) is 6.04 Å². The maximum atomic E-state index is 5.21. The zero-order chi connectivity index (χ0) is 7.40.